The number of allylic oxidation sites excluding steroid dienone is 1. The normalized spacial score (nSPS) is 13.8. The highest BCUT2D eigenvalue weighted by Crippen LogP contribution is 2.38. The number of esters is 1. The molecule has 0 bridgehead atoms. The van der Waals surface area contributed by atoms with Gasteiger partial charge in [0.2, 0.25) is 0 Å². The van der Waals surface area contributed by atoms with E-state index in [1.165, 1.54) is 18.2 Å². The number of nitrogens with zero attached hydrogens (tertiary/aromatic N) is 1. The molecule has 33 heavy (non-hydrogen) atoms. The van der Waals surface area contributed by atoms with E-state index in [1.807, 2.05) is 41.8 Å². The number of ether oxygens (including phenoxy) is 1. The van der Waals surface area contributed by atoms with Crippen LogP contribution in [0.5, 0.6) is 0 Å². The number of halogens is 1. The number of nitrogens with one attached hydrogen (secondary N) is 1. The van der Waals surface area contributed by atoms with Gasteiger partial charge in [-0.05, 0) is 65.8 Å². The molecule has 2 aromatic heterocycles. The van der Waals surface area contributed by atoms with Gasteiger partial charge in [-0.15, -0.1) is 11.3 Å². The molecule has 0 fully saturated rings. The summed E-state index contributed by atoms with van der Waals surface area (Å²) in [6.45, 7) is -0.474. The number of benzene rings is 2. The molecule has 0 spiro atoms. The Hall–Kier alpha value is -3.84. The van der Waals surface area contributed by atoms with Gasteiger partial charge in [-0.25, -0.2) is 14.2 Å². The molecule has 0 atom stereocenters. The van der Waals surface area contributed by atoms with Gasteiger partial charge in [-0.2, -0.15) is 0 Å². The van der Waals surface area contributed by atoms with E-state index in [0.29, 0.717) is 28.6 Å². The number of fused-ring (bicyclic) bond motifs is 2. The lowest BCUT2D eigenvalue weighted by molar-refractivity contribution is -0.119. The number of aromatic nitrogens is 1. The molecule has 0 radical (unpaired) electrons. The Morgan fingerprint density at radius 2 is 1.97 bits per heavy atom. The van der Waals surface area contributed by atoms with Gasteiger partial charge in [-0.1, -0.05) is 30.3 Å². The van der Waals surface area contributed by atoms with E-state index in [4.69, 9.17) is 9.72 Å². The lowest BCUT2D eigenvalue weighted by Gasteiger charge is -2.12. The number of hydrogen-bond donors (Lipinski definition) is 1. The van der Waals surface area contributed by atoms with Crippen LogP contribution in [0.2, 0.25) is 0 Å². The highest BCUT2D eigenvalue weighted by molar-refractivity contribution is 7.10. The number of hydrogen-bond acceptors (Lipinski definition) is 5. The predicted octanol–water partition coefficient (Wildman–Crippen LogP) is 5.72. The van der Waals surface area contributed by atoms with Crippen LogP contribution >= 0.6 is 11.3 Å². The zero-order valence-corrected chi connectivity index (χ0v) is 18.3. The Bertz CT molecular complexity index is 1400. The Labute approximate surface area is 193 Å². The smallest absolute Gasteiger partial charge is 0.339 e. The van der Waals surface area contributed by atoms with Gasteiger partial charge in [0, 0.05) is 16.0 Å². The van der Waals surface area contributed by atoms with Crippen molar-refractivity contribution in [3.63, 3.8) is 0 Å². The van der Waals surface area contributed by atoms with Crippen LogP contribution in [0.25, 0.3) is 22.6 Å². The van der Waals surface area contributed by atoms with Gasteiger partial charge >= 0.3 is 5.97 Å². The summed E-state index contributed by atoms with van der Waals surface area (Å²) in [5, 5.41) is 5.25. The second-order valence-corrected chi connectivity index (χ2v) is 8.63. The Balaban J connectivity index is 1.43. The first kappa shape index (κ1) is 21.0. The maximum Gasteiger partial charge on any atom is 0.339 e. The van der Waals surface area contributed by atoms with E-state index in [0.717, 1.165) is 28.1 Å². The summed E-state index contributed by atoms with van der Waals surface area (Å²) in [4.78, 5) is 31.4. The van der Waals surface area contributed by atoms with E-state index in [1.54, 1.807) is 17.4 Å². The highest BCUT2D eigenvalue weighted by atomic mass is 32.1. The van der Waals surface area contributed by atoms with Gasteiger partial charge < -0.3 is 10.1 Å². The first-order valence-corrected chi connectivity index (χ1v) is 11.3. The first-order valence-electron chi connectivity index (χ1n) is 10.5. The van der Waals surface area contributed by atoms with Crippen LogP contribution < -0.4 is 5.32 Å². The van der Waals surface area contributed by atoms with Gasteiger partial charge in [0.1, 0.15) is 5.82 Å². The van der Waals surface area contributed by atoms with Gasteiger partial charge in [0.05, 0.1) is 16.8 Å². The summed E-state index contributed by atoms with van der Waals surface area (Å²) in [6, 6.07) is 17.0. The summed E-state index contributed by atoms with van der Waals surface area (Å²) in [5.41, 5.74) is 4.17. The minimum absolute atomic E-state index is 0.301. The van der Waals surface area contributed by atoms with E-state index in [2.05, 4.69) is 11.4 Å². The monoisotopic (exact) mass is 458 g/mol. The quantitative estimate of drug-likeness (QED) is 0.389. The van der Waals surface area contributed by atoms with E-state index >= 15 is 0 Å². The number of para-hydroxylation sites is 1. The molecular weight excluding hydrogens is 439 g/mol. The summed E-state index contributed by atoms with van der Waals surface area (Å²) in [7, 11) is 0. The summed E-state index contributed by atoms with van der Waals surface area (Å²) in [5.74, 6) is -1.58. The Kier molecular flexibility index (Phi) is 5.71. The van der Waals surface area contributed by atoms with Crippen molar-refractivity contribution in [3.05, 3.63) is 93.6 Å². The molecule has 0 unspecified atom stereocenters. The largest absolute Gasteiger partial charge is 0.452 e. The van der Waals surface area contributed by atoms with Crippen molar-refractivity contribution in [2.75, 3.05) is 11.9 Å². The van der Waals surface area contributed by atoms with Crippen molar-refractivity contribution >= 4 is 51.5 Å². The second kappa shape index (κ2) is 8.96. The molecule has 7 heteroatoms. The maximum absolute atomic E-state index is 13.3. The molecule has 0 saturated heterocycles. The van der Waals surface area contributed by atoms with Crippen molar-refractivity contribution in [2.45, 2.75) is 12.8 Å². The molecule has 5 rings (SSSR count). The third-order valence-electron chi connectivity index (χ3n) is 5.45. The predicted molar refractivity (Wildman–Crippen MR) is 128 cm³/mol. The molecule has 5 nitrogen and oxygen atoms in total. The fourth-order valence-corrected chi connectivity index (χ4v) is 4.71. The lowest BCUT2D eigenvalue weighted by Crippen LogP contribution is -2.21. The fraction of sp³-hybridized carbons (Fsp3) is 0.115. The van der Waals surface area contributed by atoms with Crippen molar-refractivity contribution < 1.29 is 18.7 Å². The molecule has 2 heterocycles. The van der Waals surface area contributed by atoms with E-state index < -0.39 is 24.3 Å². The number of amides is 1. The van der Waals surface area contributed by atoms with Gasteiger partial charge in [0.25, 0.3) is 5.91 Å². The summed E-state index contributed by atoms with van der Waals surface area (Å²) in [6.07, 6.45) is 3.56. The third-order valence-corrected chi connectivity index (χ3v) is 6.27. The molecule has 2 aromatic carbocycles. The van der Waals surface area contributed by atoms with Crippen LogP contribution in [0.1, 0.15) is 32.9 Å². The number of anilines is 1. The SMILES string of the molecule is O=C(COC(=O)c1c2c(nc3ccccc13)C(=Cc1cccs1)CC2)Nc1cccc(F)c1. The van der Waals surface area contributed by atoms with E-state index in [-0.39, 0.29) is 0 Å². The number of rotatable bonds is 5. The summed E-state index contributed by atoms with van der Waals surface area (Å²) < 4.78 is 18.7. The topological polar surface area (TPSA) is 68.3 Å². The molecule has 0 saturated carbocycles. The zero-order valence-electron chi connectivity index (χ0n) is 17.5. The zero-order chi connectivity index (χ0) is 22.8. The van der Waals surface area contributed by atoms with Crippen molar-refractivity contribution in [3.8, 4) is 0 Å². The molecule has 4 aromatic rings. The van der Waals surface area contributed by atoms with Crippen molar-refractivity contribution in [1.29, 1.82) is 0 Å². The molecule has 1 aliphatic rings. The number of carbonyl (C=O) groups is 2. The number of carbonyl (C=O) groups excluding carboxylic acids is 2. The summed E-state index contributed by atoms with van der Waals surface area (Å²) >= 11 is 1.65. The van der Waals surface area contributed by atoms with Gasteiger partial charge in [0.15, 0.2) is 6.61 Å². The molecule has 1 aliphatic carbocycles. The van der Waals surface area contributed by atoms with Crippen LogP contribution in [0.4, 0.5) is 10.1 Å². The van der Waals surface area contributed by atoms with Crippen molar-refractivity contribution in [1.82, 2.24) is 4.98 Å². The van der Waals surface area contributed by atoms with E-state index in [9.17, 15) is 14.0 Å². The average Bonchev–Trinajstić information content (AvgIpc) is 3.46. The fourth-order valence-electron chi connectivity index (χ4n) is 4.02. The Morgan fingerprint density at radius 3 is 2.79 bits per heavy atom. The minimum atomic E-state index is -0.573. The third kappa shape index (κ3) is 4.40. The first-order chi connectivity index (χ1) is 16.1. The van der Waals surface area contributed by atoms with Crippen LogP contribution in [0.15, 0.2) is 66.0 Å². The molecule has 1 amide bonds. The minimum Gasteiger partial charge on any atom is -0.452 e. The van der Waals surface area contributed by atoms with Crippen molar-refractivity contribution in [2.24, 2.45) is 0 Å². The van der Waals surface area contributed by atoms with Crippen LogP contribution in [-0.2, 0) is 16.0 Å². The molecule has 0 aliphatic heterocycles. The number of pyridine rings is 1. The lowest BCUT2D eigenvalue weighted by atomic mass is 10.0. The maximum atomic E-state index is 13.3. The molecular formula is C26H19FN2O3S. The standard InChI is InChI=1S/C26H19FN2O3S/c27-17-5-3-6-18(14-17)28-23(30)15-32-26(31)24-20-8-1-2-9-22(20)29-25-16(10-11-21(24)25)13-19-7-4-12-33-19/h1-9,12-14H,10-11,15H2,(H,28,30). The highest BCUT2D eigenvalue weighted by Gasteiger charge is 2.28. The molecule has 164 valence electrons. The van der Waals surface area contributed by atoms with Crippen LogP contribution in [0, 0.1) is 5.82 Å². The second-order valence-electron chi connectivity index (χ2n) is 7.65. The average molecular weight is 459 g/mol. The number of thiophene rings is 1. The van der Waals surface area contributed by atoms with Crippen LogP contribution in [0.3, 0.4) is 0 Å². The van der Waals surface area contributed by atoms with Gasteiger partial charge in [-0.3, -0.25) is 4.79 Å². The molecule has 1 N–H and O–H groups in total. The van der Waals surface area contributed by atoms with Crippen LogP contribution in [-0.4, -0.2) is 23.5 Å². The Morgan fingerprint density at radius 1 is 1.09 bits per heavy atom.